The fourth-order valence-corrected chi connectivity index (χ4v) is 2.94. The number of amides is 1. The lowest BCUT2D eigenvalue weighted by atomic mass is 9.70. The second-order valence-corrected chi connectivity index (χ2v) is 5.57. The summed E-state index contributed by atoms with van der Waals surface area (Å²) in [7, 11) is 0. The van der Waals surface area contributed by atoms with E-state index in [1.54, 1.807) is 12.1 Å². The summed E-state index contributed by atoms with van der Waals surface area (Å²) in [6.45, 7) is 0. The number of benzene rings is 1. The molecule has 0 atom stereocenters. The Morgan fingerprint density at radius 3 is 2.19 bits per heavy atom. The number of ether oxygens (including phenoxy) is 1. The molecule has 1 saturated carbocycles. The lowest BCUT2D eigenvalue weighted by Gasteiger charge is -2.34. The molecule has 0 spiro atoms. The first-order valence-corrected chi connectivity index (χ1v) is 6.95. The van der Waals surface area contributed by atoms with Crippen LogP contribution in [-0.4, -0.2) is 12.3 Å². The maximum atomic E-state index is 12.1. The third-order valence-electron chi connectivity index (χ3n) is 4.03. The Morgan fingerprint density at radius 2 is 1.71 bits per heavy atom. The van der Waals surface area contributed by atoms with Crippen molar-refractivity contribution in [2.75, 3.05) is 0 Å². The van der Waals surface area contributed by atoms with Crippen molar-refractivity contribution in [1.82, 2.24) is 0 Å². The van der Waals surface area contributed by atoms with E-state index in [9.17, 15) is 18.0 Å². The zero-order chi connectivity index (χ0) is 15.5. The molecule has 0 aliphatic heterocycles. The van der Waals surface area contributed by atoms with Gasteiger partial charge in [0.25, 0.3) is 0 Å². The summed E-state index contributed by atoms with van der Waals surface area (Å²) >= 11 is 0. The van der Waals surface area contributed by atoms with Gasteiger partial charge in [0.1, 0.15) is 5.75 Å². The average molecular weight is 301 g/mol. The van der Waals surface area contributed by atoms with Crippen LogP contribution in [0.3, 0.4) is 0 Å². The molecule has 1 amide bonds. The Kier molecular flexibility index (Phi) is 4.44. The minimum Gasteiger partial charge on any atom is -0.406 e. The van der Waals surface area contributed by atoms with Crippen molar-refractivity contribution >= 4 is 5.91 Å². The molecule has 1 aromatic carbocycles. The van der Waals surface area contributed by atoms with Crippen LogP contribution in [0.25, 0.3) is 0 Å². The number of rotatable bonds is 4. The van der Waals surface area contributed by atoms with Crippen LogP contribution in [0.1, 0.15) is 37.7 Å². The molecule has 0 aromatic heterocycles. The fraction of sp³-hybridized carbons (Fsp3) is 0.533. The van der Waals surface area contributed by atoms with E-state index >= 15 is 0 Å². The fourth-order valence-electron chi connectivity index (χ4n) is 2.94. The van der Waals surface area contributed by atoms with Gasteiger partial charge < -0.3 is 10.5 Å². The van der Waals surface area contributed by atoms with Gasteiger partial charge in [0.15, 0.2) is 0 Å². The lowest BCUT2D eigenvalue weighted by molar-refractivity contribution is -0.274. The Bertz CT molecular complexity index is 491. The maximum Gasteiger partial charge on any atom is 0.573 e. The number of nitrogens with two attached hydrogens (primary N) is 1. The highest BCUT2D eigenvalue weighted by Crippen LogP contribution is 2.39. The molecule has 6 heteroatoms. The Labute approximate surface area is 121 Å². The summed E-state index contributed by atoms with van der Waals surface area (Å²) < 4.78 is 40.1. The van der Waals surface area contributed by atoms with Crippen LogP contribution < -0.4 is 10.5 Å². The highest BCUT2D eigenvalue weighted by molar-refractivity contribution is 5.81. The lowest BCUT2D eigenvalue weighted by Crippen LogP contribution is -2.40. The standard InChI is InChI=1S/C15H18F3NO2/c16-15(17,18)21-12-6-4-11(5-7-12)10-14(13(19)20)8-2-1-3-9-14/h4-7H,1-3,8-10H2,(H2,19,20). The number of alkyl halides is 3. The third-order valence-corrected chi connectivity index (χ3v) is 4.03. The van der Waals surface area contributed by atoms with E-state index in [2.05, 4.69) is 4.74 Å². The van der Waals surface area contributed by atoms with Crippen molar-refractivity contribution in [3.8, 4) is 5.75 Å². The van der Waals surface area contributed by atoms with E-state index in [1.807, 2.05) is 0 Å². The van der Waals surface area contributed by atoms with Crippen molar-refractivity contribution in [2.45, 2.75) is 44.9 Å². The first-order valence-electron chi connectivity index (χ1n) is 6.95. The normalized spacial score (nSPS) is 18.2. The minimum absolute atomic E-state index is 0.261. The van der Waals surface area contributed by atoms with Crippen molar-refractivity contribution in [3.63, 3.8) is 0 Å². The Balaban J connectivity index is 2.09. The van der Waals surface area contributed by atoms with Crippen molar-refractivity contribution in [1.29, 1.82) is 0 Å². The molecule has 2 rings (SSSR count). The van der Waals surface area contributed by atoms with E-state index in [4.69, 9.17) is 5.73 Å². The predicted octanol–water partition coefficient (Wildman–Crippen LogP) is 3.56. The zero-order valence-corrected chi connectivity index (χ0v) is 11.6. The molecule has 2 N–H and O–H groups in total. The number of primary amides is 1. The van der Waals surface area contributed by atoms with Gasteiger partial charge in [-0.25, -0.2) is 0 Å². The quantitative estimate of drug-likeness (QED) is 0.924. The van der Waals surface area contributed by atoms with Crippen LogP contribution in [-0.2, 0) is 11.2 Å². The van der Waals surface area contributed by atoms with Crippen LogP contribution >= 0.6 is 0 Å². The topological polar surface area (TPSA) is 52.3 Å². The average Bonchev–Trinajstić information content (AvgIpc) is 2.40. The van der Waals surface area contributed by atoms with Gasteiger partial charge in [-0.1, -0.05) is 31.4 Å². The first kappa shape index (κ1) is 15.7. The second-order valence-electron chi connectivity index (χ2n) is 5.57. The monoisotopic (exact) mass is 301 g/mol. The van der Waals surface area contributed by atoms with Gasteiger partial charge in [-0.15, -0.1) is 13.2 Å². The van der Waals surface area contributed by atoms with Crippen LogP contribution in [0.4, 0.5) is 13.2 Å². The molecule has 3 nitrogen and oxygen atoms in total. The SMILES string of the molecule is NC(=O)C1(Cc2ccc(OC(F)(F)F)cc2)CCCCC1. The molecule has 1 aromatic rings. The number of carbonyl (C=O) groups is 1. The third kappa shape index (κ3) is 4.12. The van der Waals surface area contributed by atoms with Gasteiger partial charge in [0.2, 0.25) is 5.91 Å². The molecular weight excluding hydrogens is 283 g/mol. The summed E-state index contributed by atoms with van der Waals surface area (Å²) in [5.74, 6) is -0.583. The smallest absolute Gasteiger partial charge is 0.406 e. The van der Waals surface area contributed by atoms with Gasteiger partial charge in [-0.05, 0) is 37.0 Å². The number of carbonyl (C=O) groups excluding carboxylic acids is 1. The molecule has 1 fully saturated rings. The summed E-state index contributed by atoms with van der Waals surface area (Å²) in [6, 6.07) is 5.64. The molecule has 0 heterocycles. The van der Waals surface area contributed by atoms with Gasteiger partial charge in [0, 0.05) is 0 Å². The minimum atomic E-state index is -4.70. The largest absolute Gasteiger partial charge is 0.573 e. The molecule has 0 saturated heterocycles. The Hall–Kier alpha value is -1.72. The Morgan fingerprint density at radius 1 is 1.14 bits per heavy atom. The molecule has 1 aliphatic rings. The summed E-state index contributed by atoms with van der Waals surface area (Å²) in [4.78, 5) is 11.8. The number of hydrogen-bond acceptors (Lipinski definition) is 2. The first-order chi connectivity index (χ1) is 9.81. The van der Waals surface area contributed by atoms with Gasteiger partial charge in [-0.3, -0.25) is 4.79 Å². The molecule has 21 heavy (non-hydrogen) atoms. The van der Waals surface area contributed by atoms with E-state index < -0.39 is 11.8 Å². The van der Waals surface area contributed by atoms with Crippen LogP contribution in [0.2, 0.25) is 0 Å². The molecule has 0 unspecified atom stereocenters. The highest BCUT2D eigenvalue weighted by Gasteiger charge is 2.38. The number of halogens is 3. The van der Waals surface area contributed by atoms with Crippen LogP contribution in [0, 0.1) is 5.41 Å². The molecule has 0 radical (unpaired) electrons. The molecule has 116 valence electrons. The van der Waals surface area contributed by atoms with Gasteiger partial charge in [-0.2, -0.15) is 0 Å². The van der Waals surface area contributed by atoms with Crippen molar-refractivity contribution in [2.24, 2.45) is 11.1 Å². The summed E-state index contributed by atoms with van der Waals surface area (Å²) in [5.41, 5.74) is 5.78. The maximum absolute atomic E-state index is 12.1. The molecule has 1 aliphatic carbocycles. The van der Waals surface area contributed by atoms with Crippen LogP contribution in [0.5, 0.6) is 5.75 Å². The highest BCUT2D eigenvalue weighted by atomic mass is 19.4. The van der Waals surface area contributed by atoms with Crippen molar-refractivity contribution < 1.29 is 22.7 Å². The van der Waals surface area contributed by atoms with E-state index in [-0.39, 0.29) is 11.7 Å². The predicted molar refractivity (Wildman–Crippen MR) is 71.5 cm³/mol. The van der Waals surface area contributed by atoms with Crippen molar-refractivity contribution in [3.05, 3.63) is 29.8 Å². The summed E-state index contributed by atoms with van der Waals surface area (Å²) in [5, 5.41) is 0. The summed E-state index contributed by atoms with van der Waals surface area (Å²) in [6.07, 6.45) is 0.254. The molecular formula is C15H18F3NO2. The second kappa shape index (κ2) is 5.95. The number of hydrogen-bond donors (Lipinski definition) is 1. The van der Waals surface area contributed by atoms with Crippen LogP contribution in [0.15, 0.2) is 24.3 Å². The molecule has 0 bridgehead atoms. The van der Waals surface area contributed by atoms with Gasteiger partial charge >= 0.3 is 6.36 Å². The van der Waals surface area contributed by atoms with Gasteiger partial charge in [0.05, 0.1) is 5.41 Å². The van der Waals surface area contributed by atoms with E-state index in [0.29, 0.717) is 6.42 Å². The van der Waals surface area contributed by atoms with E-state index in [0.717, 1.165) is 37.7 Å². The zero-order valence-electron chi connectivity index (χ0n) is 11.6. The van der Waals surface area contributed by atoms with E-state index in [1.165, 1.54) is 12.1 Å².